The van der Waals surface area contributed by atoms with Gasteiger partial charge in [-0.2, -0.15) is 21.9 Å². The van der Waals surface area contributed by atoms with E-state index in [0.717, 1.165) is 0 Å². The van der Waals surface area contributed by atoms with Gasteiger partial charge in [-0.05, 0) is 27.7 Å². The fourth-order valence-electron chi connectivity index (χ4n) is 5.30. The van der Waals surface area contributed by atoms with Crippen molar-refractivity contribution in [3.8, 4) is 0 Å². The van der Waals surface area contributed by atoms with E-state index in [4.69, 9.17) is 0 Å². The molecule has 0 saturated heterocycles. The minimum atomic E-state index is -1.32. The van der Waals surface area contributed by atoms with Crippen molar-refractivity contribution in [3.63, 3.8) is 0 Å². The van der Waals surface area contributed by atoms with Gasteiger partial charge < -0.3 is 5.73 Å². The molecule has 0 saturated carbocycles. The molecule has 4 aromatic carbocycles. The lowest BCUT2D eigenvalue weighted by Gasteiger charge is -2.48. The molecule has 158 valence electrons. The second kappa shape index (κ2) is 9.81. The van der Waals surface area contributed by atoms with Crippen molar-refractivity contribution >= 4 is 28.0 Å². The molecule has 0 unspecified atom stereocenters. The molecule has 4 aromatic rings. The monoisotopic (exact) mass is 407 g/mol. The Morgan fingerprint density at radius 1 is 0.387 bits per heavy atom. The lowest BCUT2D eigenvalue weighted by atomic mass is 9.11. The van der Waals surface area contributed by atoms with Crippen molar-refractivity contribution < 1.29 is 5.73 Å². The summed E-state index contributed by atoms with van der Waals surface area (Å²) in [5, 5.41) is 0. The molecular formula is C29H34BN. The van der Waals surface area contributed by atoms with E-state index in [0.29, 0.717) is 0 Å². The van der Waals surface area contributed by atoms with Crippen LogP contribution >= 0.6 is 0 Å². The maximum atomic E-state index is 3.25. The second-order valence-electron chi connectivity index (χ2n) is 8.29. The van der Waals surface area contributed by atoms with Gasteiger partial charge in [0, 0.05) is 0 Å². The summed E-state index contributed by atoms with van der Waals surface area (Å²) in [6.07, 6.45) is -1.32. The van der Waals surface area contributed by atoms with Crippen LogP contribution in [0.1, 0.15) is 22.3 Å². The molecule has 2 heteroatoms. The quantitative estimate of drug-likeness (QED) is 0.504. The van der Waals surface area contributed by atoms with Crippen LogP contribution in [0.25, 0.3) is 0 Å². The van der Waals surface area contributed by atoms with Crippen molar-refractivity contribution in [3.05, 3.63) is 119 Å². The van der Waals surface area contributed by atoms with Crippen molar-refractivity contribution in [2.75, 3.05) is 7.05 Å². The van der Waals surface area contributed by atoms with Crippen LogP contribution in [-0.4, -0.2) is 13.2 Å². The normalized spacial score (nSPS) is 10.9. The fraction of sp³-hybridized carbons (Fsp3) is 0.172. The maximum Gasteiger partial charge on any atom is 0.109 e. The molecule has 0 bridgehead atoms. The standard InChI is InChI=1S/C28H28B.CH5N/c1-21-13-5-9-17-25(21)29(26-18-10-6-14-22(26)2,27-19-11-7-15-23(27)3)28-20-12-8-16-24(28)4;1-2/h5-20H,1-4H3;2H2,1H3/q-1;/p+1. The van der Waals surface area contributed by atoms with Crippen molar-refractivity contribution in [1.82, 2.24) is 0 Å². The zero-order valence-electron chi connectivity index (χ0n) is 19.5. The van der Waals surface area contributed by atoms with Crippen LogP contribution < -0.4 is 27.6 Å². The van der Waals surface area contributed by atoms with Gasteiger partial charge in [0.1, 0.15) is 6.15 Å². The first-order chi connectivity index (χ1) is 15.1. The molecule has 0 aliphatic rings. The Bertz CT molecular complexity index is 975. The molecule has 31 heavy (non-hydrogen) atoms. The van der Waals surface area contributed by atoms with E-state index < -0.39 is 6.15 Å². The van der Waals surface area contributed by atoms with Crippen LogP contribution in [0, 0.1) is 27.7 Å². The Morgan fingerprint density at radius 3 is 0.774 bits per heavy atom. The molecule has 3 N–H and O–H groups in total. The zero-order valence-corrected chi connectivity index (χ0v) is 19.5. The van der Waals surface area contributed by atoms with Crippen molar-refractivity contribution in [2.24, 2.45) is 0 Å². The van der Waals surface area contributed by atoms with Crippen LogP contribution in [0.15, 0.2) is 97.1 Å². The molecule has 0 spiro atoms. The van der Waals surface area contributed by atoms with E-state index in [1.54, 1.807) is 7.05 Å². The number of hydrogen-bond donors (Lipinski definition) is 1. The summed E-state index contributed by atoms with van der Waals surface area (Å²) >= 11 is 0. The maximum absolute atomic E-state index is 3.25. The lowest BCUT2D eigenvalue weighted by molar-refractivity contribution is -0.325. The highest BCUT2D eigenvalue weighted by atomic mass is 14.4. The number of aryl methyl sites for hydroxylation is 4. The minimum Gasteiger partial charge on any atom is -0.360 e. The van der Waals surface area contributed by atoms with E-state index in [-0.39, 0.29) is 0 Å². The van der Waals surface area contributed by atoms with Gasteiger partial charge in [0.2, 0.25) is 0 Å². The predicted molar refractivity (Wildman–Crippen MR) is 138 cm³/mol. The Hall–Kier alpha value is -3.10. The van der Waals surface area contributed by atoms with Crippen LogP contribution in [0.4, 0.5) is 0 Å². The average Bonchev–Trinajstić information content (AvgIpc) is 2.80. The summed E-state index contributed by atoms with van der Waals surface area (Å²) in [6.45, 7) is 9.00. The van der Waals surface area contributed by atoms with E-state index in [1.807, 2.05) is 0 Å². The van der Waals surface area contributed by atoms with Crippen LogP contribution in [0.3, 0.4) is 0 Å². The molecule has 0 fully saturated rings. The van der Waals surface area contributed by atoms with E-state index in [9.17, 15) is 0 Å². The first-order valence-corrected chi connectivity index (χ1v) is 11.2. The second-order valence-corrected chi connectivity index (χ2v) is 8.29. The highest BCUT2D eigenvalue weighted by Crippen LogP contribution is 2.16. The Kier molecular flexibility index (Phi) is 7.15. The smallest absolute Gasteiger partial charge is 0.109 e. The Labute approximate surface area is 187 Å². The molecule has 0 heterocycles. The summed E-state index contributed by atoms with van der Waals surface area (Å²) in [6, 6.07) is 35.7. The lowest BCUT2D eigenvalue weighted by Crippen LogP contribution is -2.76. The van der Waals surface area contributed by atoms with E-state index >= 15 is 0 Å². The van der Waals surface area contributed by atoms with Crippen LogP contribution in [0.5, 0.6) is 0 Å². The molecule has 4 rings (SSSR count). The highest BCUT2D eigenvalue weighted by Gasteiger charge is 2.35. The first kappa shape index (κ1) is 22.6. The van der Waals surface area contributed by atoms with Gasteiger partial charge in [0.25, 0.3) is 0 Å². The third-order valence-electron chi connectivity index (χ3n) is 6.62. The summed E-state index contributed by atoms with van der Waals surface area (Å²) in [4.78, 5) is 0. The number of quaternary nitrogens is 1. The van der Waals surface area contributed by atoms with Crippen LogP contribution in [0.2, 0.25) is 0 Å². The average molecular weight is 407 g/mol. The van der Waals surface area contributed by atoms with Gasteiger partial charge in [0.05, 0.1) is 7.05 Å². The molecule has 1 nitrogen and oxygen atoms in total. The van der Waals surface area contributed by atoms with Crippen LogP contribution in [-0.2, 0) is 0 Å². The topological polar surface area (TPSA) is 27.6 Å². The van der Waals surface area contributed by atoms with Crippen molar-refractivity contribution in [2.45, 2.75) is 27.7 Å². The summed E-state index contributed by atoms with van der Waals surface area (Å²) in [5.74, 6) is 0. The molecular weight excluding hydrogens is 373 g/mol. The molecule has 0 amide bonds. The van der Waals surface area contributed by atoms with Gasteiger partial charge in [-0.25, -0.2) is 0 Å². The van der Waals surface area contributed by atoms with Crippen molar-refractivity contribution in [1.29, 1.82) is 0 Å². The fourth-order valence-corrected chi connectivity index (χ4v) is 5.30. The SMILES string of the molecule is C[NH3+].Cc1ccccc1[B-](c1ccccc1C)(c1ccccc1C)c1ccccc1C. The molecule has 0 aliphatic heterocycles. The third kappa shape index (κ3) is 3.96. The Balaban J connectivity index is 0.00000132. The van der Waals surface area contributed by atoms with Gasteiger partial charge in [-0.3, -0.25) is 0 Å². The van der Waals surface area contributed by atoms with Gasteiger partial charge in [-0.1, -0.05) is 119 Å². The number of hydrogen-bond acceptors (Lipinski definition) is 0. The molecule has 0 aliphatic carbocycles. The summed E-state index contributed by atoms with van der Waals surface area (Å²) < 4.78 is 0. The number of rotatable bonds is 4. The summed E-state index contributed by atoms with van der Waals surface area (Å²) in [7, 11) is 1.75. The first-order valence-electron chi connectivity index (χ1n) is 11.2. The largest absolute Gasteiger partial charge is 0.360 e. The highest BCUT2D eigenvalue weighted by molar-refractivity contribution is 7.20. The van der Waals surface area contributed by atoms with Gasteiger partial charge >= 0.3 is 0 Å². The predicted octanol–water partition coefficient (Wildman–Crippen LogP) is 3.16. The minimum absolute atomic E-state index is 1.32. The number of benzene rings is 4. The van der Waals surface area contributed by atoms with E-state index in [2.05, 4.69) is 130 Å². The summed E-state index contributed by atoms with van der Waals surface area (Å²) in [5.41, 5.74) is 14.2. The molecule has 0 radical (unpaired) electrons. The van der Waals surface area contributed by atoms with Gasteiger partial charge in [-0.15, -0.1) is 0 Å². The zero-order chi connectivity index (χ0) is 22.4. The van der Waals surface area contributed by atoms with Gasteiger partial charge in [0.15, 0.2) is 0 Å². The molecule has 0 aromatic heterocycles. The van der Waals surface area contributed by atoms with E-state index in [1.165, 1.54) is 44.1 Å². The third-order valence-corrected chi connectivity index (χ3v) is 6.62. The molecule has 0 atom stereocenters. The Morgan fingerprint density at radius 2 is 0.581 bits per heavy atom.